The normalized spacial score (nSPS) is 10.5. The Hall–Kier alpha value is -0.770. The van der Waals surface area contributed by atoms with Crippen LogP contribution in [0.2, 0.25) is 0 Å². The minimum Gasteiger partial charge on any atom is -0.321 e. The summed E-state index contributed by atoms with van der Waals surface area (Å²) in [6.45, 7) is 1.64. The van der Waals surface area contributed by atoms with Crippen molar-refractivity contribution >= 4 is 76.4 Å². The van der Waals surface area contributed by atoms with Crippen LogP contribution in [0.1, 0.15) is 15.9 Å². The summed E-state index contributed by atoms with van der Waals surface area (Å²) < 4.78 is 2.09. The number of anilines is 1. The summed E-state index contributed by atoms with van der Waals surface area (Å²) in [4.78, 5) is 22.7. The minimum atomic E-state index is -0.478. The summed E-state index contributed by atoms with van der Waals surface area (Å²) in [6.07, 6.45) is 0. The maximum Gasteiger partial charge on any atom is 0.274 e. The van der Waals surface area contributed by atoms with Gasteiger partial charge in [-0.25, -0.2) is 0 Å². The van der Waals surface area contributed by atoms with Gasteiger partial charge in [-0.1, -0.05) is 0 Å². The van der Waals surface area contributed by atoms with Gasteiger partial charge in [-0.3, -0.25) is 14.9 Å². The van der Waals surface area contributed by atoms with Gasteiger partial charge in [0.2, 0.25) is 0 Å². The molecule has 0 unspecified atom stereocenters. The third-order valence-corrected chi connectivity index (χ3v) is 5.63. The Bertz CT molecular complexity index is 746. The number of nitro benzene ring substituents is 1. The van der Waals surface area contributed by atoms with Gasteiger partial charge >= 0.3 is 0 Å². The monoisotopic (exact) mass is 496 g/mol. The molecule has 9 heteroatoms. The molecule has 0 spiro atoms. The third-order valence-electron chi connectivity index (χ3n) is 2.63. The number of nitrogens with zero attached hydrogens (tertiary/aromatic N) is 1. The zero-order valence-corrected chi connectivity index (χ0v) is 16.0. The molecule has 0 aliphatic carbocycles. The molecule has 0 radical (unpaired) electrons. The van der Waals surface area contributed by atoms with E-state index in [-0.39, 0.29) is 11.6 Å². The number of hydrogen-bond acceptors (Lipinski definition) is 4. The Kier molecular flexibility index (Phi) is 5.18. The molecule has 1 aromatic carbocycles. The summed E-state index contributed by atoms with van der Waals surface area (Å²) in [6, 6.07) is 4.62. The van der Waals surface area contributed by atoms with E-state index in [1.165, 1.54) is 17.4 Å². The van der Waals surface area contributed by atoms with Crippen molar-refractivity contribution in [2.75, 3.05) is 5.32 Å². The molecule has 0 aliphatic rings. The van der Waals surface area contributed by atoms with Crippen LogP contribution < -0.4 is 5.32 Å². The predicted octanol–water partition coefficient (Wildman–Crippen LogP) is 5.50. The van der Waals surface area contributed by atoms with Crippen molar-refractivity contribution in [3.8, 4) is 0 Å². The number of thiophene rings is 1. The predicted molar refractivity (Wildman–Crippen MR) is 93.2 cm³/mol. The van der Waals surface area contributed by atoms with E-state index in [9.17, 15) is 14.9 Å². The van der Waals surface area contributed by atoms with Crippen LogP contribution in [0.4, 0.5) is 11.4 Å². The summed E-state index contributed by atoms with van der Waals surface area (Å²) in [5.74, 6) is -0.345. The van der Waals surface area contributed by atoms with E-state index >= 15 is 0 Å². The number of hydrogen-bond donors (Lipinski definition) is 1. The Labute approximate surface area is 149 Å². The zero-order chi connectivity index (χ0) is 15.7. The number of halogens is 3. The lowest BCUT2D eigenvalue weighted by molar-refractivity contribution is -0.385. The van der Waals surface area contributed by atoms with Crippen LogP contribution in [0.25, 0.3) is 0 Å². The number of benzene rings is 1. The minimum absolute atomic E-state index is 0.0425. The molecule has 2 aromatic rings. The lowest BCUT2D eigenvalue weighted by Crippen LogP contribution is -2.12. The van der Waals surface area contributed by atoms with Gasteiger partial charge in [0, 0.05) is 16.1 Å². The van der Waals surface area contributed by atoms with Crippen molar-refractivity contribution in [2.24, 2.45) is 0 Å². The second-order valence-electron chi connectivity index (χ2n) is 4.07. The zero-order valence-electron chi connectivity index (χ0n) is 10.4. The van der Waals surface area contributed by atoms with Crippen LogP contribution in [-0.4, -0.2) is 10.8 Å². The fraction of sp³-hybridized carbons (Fsp3) is 0.0833. The van der Waals surface area contributed by atoms with E-state index in [0.29, 0.717) is 25.1 Å². The maximum absolute atomic E-state index is 12.2. The van der Waals surface area contributed by atoms with E-state index in [1.54, 1.807) is 19.1 Å². The number of rotatable bonds is 3. The summed E-state index contributed by atoms with van der Waals surface area (Å²) in [5, 5.41) is 13.6. The quantitative estimate of drug-likeness (QED) is 0.448. The number of amides is 1. The fourth-order valence-electron chi connectivity index (χ4n) is 1.64. The van der Waals surface area contributed by atoms with Gasteiger partial charge in [-0.15, -0.1) is 11.3 Å². The first-order chi connectivity index (χ1) is 9.79. The van der Waals surface area contributed by atoms with Crippen molar-refractivity contribution in [2.45, 2.75) is 6.92 Å². The van der Waals surface area contributed by atoms with Crippen LogP contribution in [0.3, 0.4) is 0 Å². The van der Waals surface area contributed by atoms with Crippen molar-refractivity contribution in [1.82, 2.24) is 0 Å². The molecule has 1 aromatic heterocycles. The molecule has 0 atom stereocenters. The van der Waals surface area contributed by atoms with Crippen molar-refractivity contribution in [1.29, 1.82) is 0 Å². The molecule has 110 valence electrons. The van der Waals surface area contributed by atoms with Crippen LogP contribution in [0, 0.1) is 17.0 Å². The standard InChI is InChI=1S/C12H7Br3N2O3S/c1-5-2-7(13)8(4-9(5)17(19)20)16-12(18)6-3-10(14)21-11(6)15/h2-4H,1H3,(H,16,18). The smallest absolute Gasteiger partial charge is 0.274 e. The topological polar surface area (TPSA) is 72.2 Å². The summed E-state index contributed by atoms with van der Waals surface area (Å²) >= 11 is 11.3. The highest BCUT2D eigenvalue weighted by molar-refractivity contribution is 9.12. The molecule has 2 rings (SSSR count). The molecular weight excluding hydrogens is 492 g/mol. The SMILES string of the molecule is Cc1cc(Br)c(NC(=O)c2cc(Br)sc2Br)cc1[N+](=O)[O-]. The summed E-state index contributed by atoms with van der Waals surface area (Å²) in [5.41, 5.74) is 1.29. The number of carbonyl (C=O) groups is 1. The van der Waals surface area contributed by atoms with Gasteiger partial charge in [0.15, 0.2) is 0 Å². The molecule has 0 bridgehead atoms. The van der Waals surface area contributed by atoms with Crippen molar-refractivity contribution < 1.29 is 9.72 Å². The Balaban J connectivity index is 2.35. The number of nitro groups is 1. The van der Waals surface area contributed by atoms with E-state index in [4.69, 9.17) is 0 Å². The molecule has 0 aliphatic heterocycles. The highest BCUT2D eigenvalue weighted by Gasteiger charge is 2.18. The van der Waals surface area contributed by atoms with Gasteiger partial charge in [0.05, 0.1) is 23.7 Å². The van der Waals surface area contributed by atoms with E-state index in [0.717, 1.165) is 3.79 Å². The Morgan fingerprint density at radius 3 is 2.48 bits per heavy atom. The van der Waals surface area contributed by atoms with Crippen molar-refractivity contribution in [3.63, 3.8) is 0 Å². The van der Waals surface area contributed by atoms with E-state index < -0.39 is 4.92 Å². The van der Waals surface area contributed by atoms with E-state index in [1.807, 2.05) is 0 Å². The first-order valence-electron chi connectivity index (χ1n) is 5.50. The van der Waals surface area contributed by atoms with Gasteiger partial charge in [0.25, 0.3) is 11.6 Å². The van der Waals surface area contributed by atoms with Crippen LogP contribution in [-0.2, 0) is 0 Å². The molecular formula is C12H7Br3N2O3S. The first kappa shape index (κ1) is 16.6. The maximum atomic E-state index is 12.2. The van der Waals surface area contributed by atoms with Gasteiger partial charge in [0.1, 0.15) is 0 Å². The molecule has 5 nitrogen and oxygen atoms in total. The van der Waals surface area contributed by atoms with Crippen LogP contribution in [0.5, 0.6) is 0 Å². The molecule has 1 heterocycles. The molecule has 1 amide bonds. The van der Waals surface area contributed by atoms with Crippen LogP contribution in [0.15, 0.2) is 30.2 Å². The van der Waals surface area contributed by atoms with Gasteiger partial charge in [-0.05, 0) is 66.8 Å². The summed E-state index contributed by atoms with van der Waals surface area (Å²) in [7, 11) is 0. The van der Waals surface area contributed by atoms with Gasteiger partial charge in [-0.2, -0.15) is 0 Å². The second kappa shape index (κ2) is 6.55. The largest absolute Gasteiger partial charge is 0.321 e. The number of carbonyl (C=O) groups excluding carboxylic acids is 1. The average Bonchev–Trinajstić information content (AvgIpc) is 2.71. The Morgan fingerprint density at radius 1 is 1.29 bits per heavy atom. The lowest BCUT2D eigenvalue weighted by atomic mass is 10.2. The molecule has 0 fully saturated rings. The highest BCUT2D eigenvalue weighted by Crippen LogP contribution is 2.34. The van der Waals surface area contributed by atoms with Crippen molar-refractivity contribution in [3.05, 3.63) is 51.5 Å². The molecule has 1 N–H and O–H groups in total. The fourth-order valence-corrected chi connectivity index (χ4v) is 4.99. The Morgan fingerprint density at radius 2 is 1.95 bits per heavy atom. The first-order valence-corrected chi connectivity index (χ1v) is 8.70. The van der Waals surface area contributed by atoms with Gasteiger partial charge < -0.3 is 5.32 Å². The molecule has 0 saturated heterocycles. The third kappa shape index (κ3) is 3.71. The second-order valence-corrected chi connectivity index (χ2v) is 8.67. The van der Waals surface area contributed by atoms with Crippen LogP contribution >= 0.6 is 59.1 Å². The average molecular weight is 499 g/mol. The number of nitrogens with one attached hydrogen (secondary N) is 1. The highest BCUT2D eigenvalue weighted by atomic mass is 79.9. The van der Waals surface area contributed by atoms with E-state index in [2.05, 4.69) is 53.1 Å². The number of aryl methyl sites for hydroxylation is 1. The molecule has 21 heavy (non-hydrogen) atoms. The molecule has 0 saturated carbocycles. The lowest BCUT2D eigenvalue weighted by Gasteiger charge is -2.08.